The van der Waals surface area contributed by atoms with Gasteiger partial charge in [0.25, 0.3) is 0 Å². The summed E-state index contributed by atoms with van der Waals surface area (Å²) in [5.74, 6) is -3.79. The number of rotatable bonds is 2. The summed E-state index contributed by atoms with van der Waals surface area (Å²) < 4.78 is 35.0. The number of carboxylic acid groups (broad SMARTS) is 1. The molecule has 0 fully saturated rings. The van der Waals surface area contributed by atoms with Crippen molar-refractivity contribution in [2.45, 2.75) is 19.5 Å². The predicted molar refractivity (Wildman–Crippen MR) is 33.6 cm³/mol. The molecule has 0 aliphatic carbocycles. The molecule has 0 saturated carbocycles. The zero-order valence-corrected chi connectivity index (χ0v) is 6.14. The van der Waals surface area contributed by atoms with Crippen LogP contribution in [0.5, 0.6) is 0 Å². The normalized spacial score (nSPS) is 14.0. The van der Waals surface area contributed by atoms with E-state index in [2.05, 4.69) is 0 Å². The molecular formula is C6H7F3O3. The zero-order chi connectivity index (χ0) is 9.94. The highest BCUT2D eigenvalue weighted by molar-refractivity contribution is 5.87. The molecule has 0 bridgehead atoms. The number of alkyl halides is 3. The Morgan fingerprint density at radius 1 is 1.33 bits per heavy atom. The van der Waals surface area contributed by atoms with Crippen molar-refractivity contribution in [3.8, 4) is 0 Å². The monoisotopic (exact) mass is 184 g/mol. The summed E-state index contributed by atoms with van der Waals surface area (Å²) in [6, 6.07) is 0. The number of allylic oxidation sites excluding steroid dienone is 1. The van der Waals surface area contributed by atoms with Gasteiger partial charge in [0.05, 0.1) is 5.57 Å². The van der Waals surface area contributed by atoms with Crippen molar-refractivity contribution >= 4 is 5.97 Å². The zero-order valence-electron chi connectivity index (χ0n) is 6.14. The summed E-state index contributed by atoms with van der Waals surface area (Å²) in [5.41, 5.74) is -1.03. The van der Waals surface area contributed by atoms with Gasteiger partial charge in [-0.3, -0.25) is 0 Å². The number of halogens is 3. The van der Waals surface area contributed by atoms with Gasteiger partial charge in [-0.1, -0.05) is 6.92 Å². The Labute approximate surface area is 66.1 Å². The van der Waals surface area contributed by atoms with E-state index in [1.165, 1.54) is 6.92 Å². The van der Waals surface area contributed by atoms with Gasteiger partial charge in [0.2, 0.25) is 5.76 Å². The van der Waals surface area contributed by atoms with Crippen LogP contribution in [-0.4, -0.2) is 22.4 Å². The second-order valence-corrected chi connectivity index (χ2v) is 1.98. The van der Waals surface area contributed by atoms with Crippen LogP contribution >= 0.6 is 0 Å². The highest BCUT2D eigenvalue weighted by atomic mass is 19.4. The quantitative estimate of drug-likeness (QED) is 0.508. The number of carboxylic acids is 1. The standard InChI is InChI=1S/C6H7F3O3/c1-2-3(5(11)12)4(10)6(7,8)9/h10H,2H2,1H3,(H,11,12). The minimum Gasteiger partial charge on any atom is -0.504 e. The molecule has 0 amide bonds. The maximum atomic E-state index is 11.7. The van der Waals surface area contributed by atoms with E-state index in [1.54, 1.807) is 0 Å². The molecule has 0 radical (unpaired) electrons. The molecule has 0 aliphatic heterocycles. The summed E-state index contributed by atoms with van der Waals surface area (Å²) in [4.78, 5) is 10.1. The van der Waals surface area contributed by atoms with Gasteiger partial charge in [0.15, 0.2) is 0 Å². The minimum atomic E-state index is -4.98. The lowest BCUT2D eigenvalue weighted by Gasteiger charge is -2.07. The van der Waals surface area contributed by atoms with Crippen LogP contribution in [0.25, 0.3) is 0 Å². The van der Waals surface area contributed by atoms with Gasteiger partial charge in [-0.25, -0.2) is 4.79 Å². The van der Waals surface area contributed by atoms with E-state index in [0.29, 0.717) is 0 Å². The number of hydrogen-bond acceptors (Lipinski definition) is 2. The van der Waals surface area contributed by atoms with Crippen LogP contribution in [0, 0.1) is 0 Å². The largest absolute Gasteiger partial charge is 0.504 e. The first-order valence-corrected chi connectivity index (χ1v) is 3.03. The molecule has 70 valence electrons. The topological polar surface area (TPSA) is 57.5 Å². The summed E-state index contributed by atoms with van der Waals surface area (Å²) in [5, 5.41) is 16.6. The number of hydrogen-bond donors (Lipinski definition) is 2. The van der Waals surface area contributed by atoms with Gasteiger partial charge < -0.3 is 10.2 Å². The number of aliphatic hydroxyl groups excluding tert-OH is 1. The maximum Gasteiger partial charge on any atom is 0.449 e. The highest BCUT2D eigenvalue weighted by Crippen LogP contribution is 2.26. The van der Waals surface area contributed by atoms with E-state index in [-0.39, 0.29) is 6.42 Å². The molecule has 0 aromatic carbocycles. The van der Waals surface area contributed by atoms with Crippen molar-refractivity contribution in [2.75, 3.05) is 0 Å². The molecule has 0 rings (SSSR count). The van der Waals surface area contributed by atoms with Gasteiger partial charge in [0, 0.05) is 0 Å². The molecule has 6 heteroatoms. The van der Waals surface area contributed by atoms with Gasteiger partial charge in [-0.15, -0.1) is 0 Å². The lowest BCUT2D eigenvalue weighted by Crippen LogP contribution is -2.17. The van der Waals surface area contributed by atoms with E-state index in [1.807, 2.05) is 0 Å². The summed E-state index contributed by atoms with van der Waals surface area (Å²) in [7, 11) is 0. The van der Waals surface area contributed by atoms with Crippen LogP contribution in [0.2, 0.25) is 0 Å². The molecule has 0 aromatic heterocycles. The Bertz CT molecular complexity index is 217. The molecule has 0 heterocycles. The Balaban J connectivity index is 4.99. The highest BCUT2D eigenvalue weighted by Gasteiger charge is 2.37. The third kappa shape index (κ3) is 2.44. The molecular weight excluding hydrogens is 177 g/mol. The fourth-order valence-corrected chi connectivity index (χ4v) is 0.591. The predicted octanol–water partition coefficient (Wildman–Crippen LogP) is 1.86. The van der Waals surface area contributed by atoms with E-state index < -0.39 is 23.5 Å². The van der Waals surface area contributed by atoms with Crippen molar-refractivity contribution in [1.29, 1.82) is 0 Å². The molecule has 0 saturated heterocycles. The van der Waals surface area contributed by atoms with Gasteiger partial charge in [0.1, 0.15) is 0 Å². The van der Waals surface area contributed by atoms with E-state index in [9.17, 15) is 18.0 Å². The number of aliphatic hydroxyl groups is 1. The summed E-state index contributed by atoms with van der Waals surface area (Å²) in [6.45, 7) is 1.21. The third-order valence-electron chi connectivity index (χ3n) is 1.17. The first-order chi connectivity index (χ1) is 5.30. The number of carbonyl (C=O) groups is 1. The molecule has 0 aromatic rings. The van der Waals surface area contributed by atoms with Gasteiger partial charge >= 0.3 is 12.1 Å². The Morgan fingerprint density at radius 3 is 1.83 bits per heavy atom. The summed E-state index contributed by atoms with van der Waals surface area (Å²) in [6.07, 6.45) is -5.36. The smallest absolute Gasteiger partial charge is 0.449 e. The van der Waals surface area contributed by atoms with Crippen LogP contribution in [-0.2, 0) is 4.79 Å². The number of aliphatic carboxylic acids is 1. The van der Waals surface area contributed by atoms with Crippen molar-refractivity contribution in [3.05, 3.63) is 11.3 Å². The first kappa shape index (κ1) is 10.8. The Morgan fingerprint density at radius 2 is 1.75 bits per heavy atom. The fraction of sp³-hybridized carbons (Fsp3) is 0.500. The van der Waals surface area contributed by atoms with Crippen LogP contribution in [0.1, 0.15) is 13.3 Å². The molecule has 0 atom stereocenters. The molecule has 0 aliphatic rings. The fourth-order valence-electron chi connectivity index (χ4n) is 0.591. The Kier molecular flexibility index (Phi) is 3.12. The summed E-state index contributed by atoms with van der Waals surface area (Å²) >= 11 is 0. The Hall–Kier alpha value is -1.20. The van der Waals surface area contributed by atoms with E-state index in [4.69, 9.17) is 10.2 Å². The maximum absolute atomic E-state index is 11.7. The van der Waals surface area contributed by atoms with Crippen molar-refractivity contribution in [1.82, 2.24) is 0 Å². The second-order valence-electron chi connectivity index (χ2n) is 1.98. The lowest BCUT2D eigenvalue weighted by atomic mass is 10.2. The van der Waals surface area contributed by atoms with Crippen LogP contribution in [0.4, 0.5) is 13.2 Å². The van der Waals surface area contributed by atoms with Crippen molar-refractivity contribution < 1.29 is 28.2 Å². The van der Waals surface area contributed by atoms with Crippen molar-refractivity contribution in [2.24, 2.45) is 0 Å². The average Bonchev–Trinajstić information content (AvgIpc) is 1.86. The van der Waals surface area contributed by atoms with Crippen LogP contribution in [0.3, 0.4) is 0 Å². The second kappa shape index (κ2) is 3.46. The van der Waals surface area contributed by atoms with Gasteiger partial charge in [-0.2, -0.15) is 13.2 Å². The third-order valence-corrected chi connectivity index (χ3v) is 1.17. The van der Waals surface area contributed by atoms with E-state index >= 15 is 0 Å². The SMILES string of the molecule is CCC(C(=O)O)=C(O)C(F)(F)F. The molecule has 0 unspecified atom stereocenters. The lowest BCUT2D eigenvalue weighted by molar-refractivity contribution is -0.138. The molecule has 2 N–H and O–H groups in total. The van der Waals surface area contributed by atoms with Crippen molar-refractivity contribution in [3.63, 3.8) is 0 Å². The molecule has 3 nitrogen and oxygen atoms in total. The van der Waals surface area contributed by atoms with E-state index in [0.717, 1.165) is 0 Å². The molecule has 0 spiro atoms. The average molecular weight is 184 g/mol. The first-order valence-electron chi connectivity index (χ1n) is 3.03. The minimum absolute atomic E-state index is 0.374. The van der Waals surface area contributed by atoms with Gasteiger partial charge in [-0.05, 0) is 6.42 Å². The van der Waals surface area contributed by atoms with Crippen LogP contribution in [0.15, 0.2) is 11.3 Å². The van der Waals surface area contributed by atoms with Crippen LogP contribution < -0.4 is 0 Å². The molecule has 12 heavy (non-hydrogen) atoms.